The first-order valence-electron chi connectivity index (χ1n) is 5.90. The number of halogens is 1. The molecule has 2 heterocycles. The largest absolute Gasteiger partial charge is 0.364 e. The monoisotopic (exact) mass is 256 g/mol. The number of rotatable bonds is 5. The smallest absolute Gasteiger partial charge is 0.224 e. The van der Waals surface area contributed by atoms with Gasteiger partial charge in [0, 0.05) is 18.3 Å². The highest BCUT2D eigenvalue weighted by atomic mass is 32.2. The second kappa shape index (κ2) is 6.05. The van der Waals surface area contributed by atoms with Gasteiger partial charge in [-0.25, -0.2) is 9.37 Å². The van der Waals surface area contributed by atoms with E-state index in [-0.39, 0.29) is 5.82 Å². The molecule has 94 valence electrons. The van der Waals surface area contributed by atoms with E-state index in [0.29, 0.717) is 17.8 Å². The van der Waals surface area contributed by atoms with Gasteiger partial charge in [-0.1, -0.05) is 6.92 Å². The molecule has 1 fully saturated rings. The molecular weight excluding hydrogens is 239 g/mol. The zero-order valence-corrected chi connectivity index (χ0v) is 10.7. The molecule has 1 aromatic rings. The van der Waals surface area contributed by atoms with Gasteiger partial charge in [-0.2, -0.15) is 16.7 Å². The molecular formula is C11H17FN4S. The summed E-state index contributed by atoms with van der Waals surface area (Å²) in [7, 11) is 0. The first-order chi connectivity index (χ1) is 8.29. The van der Waals surface area contributed by atoms with Crippen molar-refractivity contribution in [1.29, 1.82) is 0 Å². The first kappa shape index (κ1) is 12.4. The fourth-order valence-electron chi connectivity index (χ4n) is 1.63. The molecule has 1 atom stereocenters. The molecule has 1 unspecified atom stereocenters. The summed E-state index contributed by atoms with van der Waals surface area (Å²) >= 11 is 1.88. The summed E-state index contributed by atoms with van der Waals surface area (Å²) in [4.78, 5) is 8.06. The molecule has 0 saturated carbocycles. The molecule has 2 rings (SSSR count). The summed E-state index contributed by atoms with van der Waals surface area (Å²) in [6.07, 6.45) is 3.27. The molecule has 0 aliphatic carbocycles. The fraction of sp³-hybridized carbons (Fsp3) is 0.636. The molecule has 1 aromatic heterocycles. The Labute approximate surface area is 105 Å². The first-order valence-corrected chi connectivity index (χ1v) is 7.05. The standard InChI is InChI=1S/C11H17FN4S/c1-2-4-13-11-14-6-9(12)10(16-11)15-8-3-5-17-7-8/h6,8H,2-5,7H2,1H3,(H2,13,14,15,16). The highest BCUT2D eigenvalue weighted by Crippen LogP contribution is 2.22. The van der Waals surface area contributed by atoms with Gasteiger partial charge in [0.15, 0.2) is 11.6 Å². The number of nitrogens with zero attached hydrogens (tertiary/aromatic N) is 2. The molecule has 0 bridgehead atoms. The summed E-state index contributed by atoms with van der Waals surface area (Å²) in [6.45, 7) is 2.86. The SMILES string of the molecule is CCCNc1ncc(F)c(NC2CCSC2)n1. The third-order valence-electron chi connectivity index (χ3n) is 2.55. The van der Waals surface area contributed by atoms with Crippen LogP contribution in [0.4, 0.5) is 16.2 Å². The van der Waals surface area contributed by atoms with Crippen molar-refractivity contribution < 1.29 is 4.39 Å². The van der Waals surface area contributed by atoms with Gasteiger partial charge in [0.2, 0.25) is 5.95 Å². The zero-order chi connectivity index (χ0) is 12.1. The Bertz CT molecular complexity index is 368. The van der Waals surface area contributed by atoms with Crippen molar-refractivity contribution in [1.82, 2.24) is 9.97 Å². The van der Waals surface area contributed by atoms with Crippen LogP contribution < -0.4 is 10.6 Å². The molecule has 0 amide bonds. The second-order valence-electron chi connectivity index (χ2n) is 4.02. The summed E-state index contributed by atoms with van der Waals surface area (Å²) in [5.74, 6) is 2.56. The lowest BCUT2D eigenvalue weighted by atomic mass is 10.2. The van der Waals surface area contributed by atoms with Crippen LogP contribution in [0.2, 0.25) is 0 Å². The van der Waals surface area contributed by atoms with E-state index in [4.69, 9.17) is 0 Å². The van der Waals surface area contributed by atoms with Crippen molar-refractivity contribution in [3.63, 3.8) is 0 Å². The maximum Gasteiger partial charge on any atom is 0.224 e. The van der Waals surface area contributed by atoms with Crippen LogP contribution in [-0.4, -0.2) is 34.1 Å². The van der Waals surface area contributed by atoms with E-state index >= 15 is 0 Å². The number of anilines is 2. The number of aromatic nitrogens is 2. The van der Waals surface area contributed by atoms with Gasteiger partial charge in [0.25, 0.3) is 0 Å². The van der Waals surface area contributed by atoms with E-state index in [0.717, 1.165) is 30.9 Å². The molecule has 0 aromatic carbocycles. The summed E-state index contributed by atoms with van der Waals surface area (Å²) in [5.41, 5.74) is 0. The molecule has 0 spiro atoms. The highest BCUT2D eigenvalue weighted by Gasteiger charge is 2.17. The van der Waals surface area contributed by atoms with Crippen LogP contribution in [-0.2, 0) is 0 Å². The van der Waals surface area contributed by atoms with E-state index in [1.54, 1.807) is 0 Å². The lowest BCUT2D eigenvalue weighted by Gasteiger charge is -2.13. The maximum absolute atomic E-state index is 13.5. The summed E-state index contributed by atoms with van der Waals surface area (Å²) in [6, 6.07) is 0.323. The molecule has 1 saturated heterocycles. The minimum absolute atomic E-state index is 0.311. The quantitative estimate of drug-likeness (QED) is 0.847. The van der Waals surface area contributed by atoms with Gasteiger partial charge in [-0.15, -0.1) is 0 Å². The predicted molar refractivity (Wildman–Crippen MR) is 70.1 cm³/mol. The third kappa shape index (κ3) is 3.46. The van der Waals surface area contributed by atoms with Crippen molar-refractivity contribution in [2.75, 3.05) is 28.7 Å². The zero-order valence-electron chi connectivity index (χ0n) is 9.87. The Morgan fingerprint density at radius 1 is 1.59 bits per heavy atom. The minimum Gasteiger partial charge on any atom is -0.364 e. The molecule has 2 N–H and O–H groups in total. The highest BCUT2D eigenvalue weighted by molar-refractivity contribution is 7.99. The van der Waals surface area contributed by atoms with Gasteiger partial charge in [0.05, 0.1) is 6.20 Å². The molecule has 17 heavy (non-hydrogen) atoms. The number of hydrogen-bond donors (Lipinski definition) is 2. The number of hydrogen-bond acceptors (Lipinski definition) is 5. The average Bonchev–Trinajstić information content (AvgIpc) is 2.83. The van der Waals surface area contributed by atoms with E-state index in [1.165, 1.54) is 6.20 Å². The third-order valence-corrected chi connectivity index (χ3v) is 3.71. The Kier molecular flexibility index (Phi) is 4.42. The lowest BCUT2D eigenvalue weighted by molar-refractivity contribution is 0.613. The van der Waals surface area contributed by atoms with Crippen LogP contribution >= 0.6 is 11.8 Å². The number of thioether (sulfide) groups is 1. The fourth-order valence-corrected chi connectivity index (χ4v) is 2.78. The molecule has 1 aliphatic heterocycles. The van der Waals surface area contributed by atoms with Gasteiger partial charge in [-0.05, 0) is 18.6 Å². The Balaban J connectivity index is 2.03. The Morgan fingerprint density at radius 2 is 2.47 bits per heavy atom. The minimum atomic E-state index is -0.385. The van der Waals surface area contributed by atoms with Crippen molar-refractivity contribution in [2.45, 2.75) is 25.8 Å². The van der Waals surface area contributed by atoms with Gasteiger partial charge < -0.3 is 10.6 Å². The summed E-state index contributed by atoms with van der Waals surface area (Å²) in [5, 5.41) is 6.19. The molecule has 6 heteroatoms. The van der Waals surface area contributed by atoms with Crippen LogP contribution in [0.15, 0.2) is 6.20 Å². The average molecular weight is 256 g/mol. The molecule has 4 nitrogen and oxygen atoms in total. The van der Waals surface area contributed by atoms with E-state index < -0.39 is 0 Å². The van der Waals surface area contributed by atoms with Gasteiger partial charge in [0.1, 0.15) is 0 Å². The Hall–Kier alpha value is -1.04. The van der Waals surface area contributed by atoms with E-state index in [9.17, 15) is 4.39 Å². The van der Waals surface area contributed by atoms with E-state index in [2.05, 4.69) is 27.5 Å². The maximum atomic E-state index is 13.5. The van der Waals surface area contributed by atoms with E-state index in [1.807, 2.05) is 11.8 Å². The number of nitrogens with one attached hydrogen (secondary N) is 2. The molecule has 0 radical (unpaired) electrons. The topological polar surface area (TPSA) is 49.8 Å². The van der Waals surface area contributed by atoms with Crippen molar-refractivity contribution in [3.05, 3.63) is 12.0 Å². The van der Waals surface area contributed by atoms with Crippen molar-refractivity contribution in [3.8, 4) is 0 Å². The second-order valence-corrected chi connectivity index (χ2v) is 5.17. The molecule has 1 aliphatic rings. The lowest BCUT2D eigenvalue weighted by Crippen LogP contribution is -2.20. The normalized spacial score (nSPS) is 19.3. The van der Waals surface area contributed by atoms with Crippen LogP contribution in [0.25, 0.3) is 0 Å². The van der Waals surface area contributed by atoms with Crippen LogP contribution in [0.1, 0.15) is 19.8 Å². The van der Waals surface area contributed by atoms with Crippen LogP contribution in [0.5, 0.6) is 0 Å². The Morgan fingerprint density at radius 3 is 3.18 bits per heavy atom. The van der Waals surface area contributed by atoms with Crippen molar-refractivity contribution >= 4 is 23.5 Å². The summed E-state index contributed by atoms with van der Waals surface area (Å²) < 4.78 is 13.5. The van der Waals surface area contributed by atoms with Crippen molar-refractivity contribution in [2.24, 2.45) is 0 Å². The predicted octanol–water partition coefficient (Wildman–Crippen LogP) is 2.36. The van der Waals surface area contributed by atoms with Crippen LogP contribution in [0, 0.1) is 5.82 Å². The van der Waals surface area contributed by atoms with Gasteiger partial charge in [-0.3, -0.25) is 0 Å². The van der Waals surface area contributed by atoms with Crippen LogP contribution in [0.3, 0.4) is 0 Å². The van der Waals surface area contributed by atoms with Gasteiger partial charge >= 0.3 is 0 Å².